The Kier molecular flexibility index (Phi) is 5.35. The Balaban J connectivity index is 2.17. The number of hydrogen-bond donors (Lipinski definition) is 1. The van der Waals surface area contributed by atoms with Crippen LogP contribution < -0.4 is 4.74 Å². The van der Waals surface area contributed by atoms with E-state index in [9.17, 15) is 31.5 Å². The first-order valence-corrected chi connectivity index (χ1v) is 6.71. The lowest BCUT2D eigenvalue weighted by Gasteiger charge is -2.09. The van der Waals surface area contributed by atoms with Gasteiger partial charge in [-0.2, -0.15) is 0 Å². The summed E-state index contributed by atoms with van der Waals surface area (Å²) >= 11 is 0. The van der Waals surface area contributed by atoms with Crippen LogP contribution in [-0.2, 0) is 22.4 Å². The van der Waals surface area contributed by atoms with E-state index in [2.05, 4.69) is 4.74 Å². The van der Waals surface area contributed by atoms with Gasteiger partial charge in [0.05, 0.1) is 12.8 Å². The maximum absolute atomic E-state index is 13.8. The summed E-state index contributed by atoms with van der Waals surface area (Å²) in [6, 6.07) is 1.69. The summed E-state index contributed by atoms with van der Waals surface area (Å²) in [5.41, 5.74) is -0.997. The number of rotatable bonds is 5. The molecule has 0 aliphatic rings. The largest absolute Gasteiger partial charge is 0.481 e. The Morgan fingerprint density at radius 1 is 0.760 bits per heavy atom. The molecule has 1 N–H and O–H groups in total. The average Bonchev–Trinajstić information content (AvgIpc) is 2.49. The zero-order valence-electron chi connectivity index (χ0n) is 12.3. The van der Waals surface area contributed by atoms with E-state index in [1.807, 2.05) is 0 Å². The topological polar surface area (TPSA) is 63.6 Å². The number of ether oxygens (including phenoxy) is 1. The van der Waals surface area contributed by atoms with E-state index < -0.39 is 70.7 Å². The number of carbonyl (C=O) groups is 2. The second kappa shape index (κ2) is 7.29. The summed E-state index contributed by atoms with van der Waals surface area (Å²) in [6.45, 7) is 0. The fourth-order valence-corrected chi connectivity index (χ4v) is 1.96. The average molecular weight is 360 g/mol. The fraction of sp³-hybridized carbons (Fsp3) is 0.125. The first-order chi connectivity index (χ1) is 11.7. The second-order valence-corrected chi connectivity index (χ2v) is 4.95. The summed E-state index contributed by atoms with van der Waals surface area (Å²) in [6.07, 6.45) is -1.64. The van der Waals surface area contributed by atoms with Crippen LogP contribution in [0.15, 0.2) is 24.3 Å². The number of halogens is 5. The van der Waals surface area contributed by atoms with E-state index in [0.717, 1.165) is 0 Å². The number of carboxylic acid groups (broad SMARTS) is 1. The third-order valence-corrected chi connectivity index (χ3v) is 3.09. The number of carbonyl (C=O) groups excluding carboxylic acids is 1. The molecule has 0 atom stereocenters. The Labute approximate surface area is 137 Å². The van der Waals surface area contributed by atoms with Gasteiger partial charge in [0.2, 0.25) is 0 Å². The van der Waals surface area contributed by atoms with Gasteiger partial charge >= 0.3 is 11.9 Å². The predicted molar refractivity (Wildman–Crippen MR) is 73.4 cm³/mol. The number of hydrogen-bond acceptors (Lipinski definition) is 3. The Hall–Kier alpha value is -2.97. The normalized spacial score (nSPS) is 10.6. The van der Waals surface area contributed by atoms with E-state index in [-0.39, 0.29) is 6.07 Å². The lowest BCUT2D eigenvalue weighted by Crippen LogP contribution is -2.14. The molecule has 25 heavy (non-hydrogen) atoms. The predicted octanol–water partition coefficient (Wildman–Crippen LogP) is 3.16. The second-order valence-electron chi connectivity index (χ2n) is 4.95. The van der Waals surface area contributed by atoms with Crippen molar-refractivity contribution in [2.24, 2.45) is 0 Å². The van der Waals surface area contributed by atoms with Gasteiger partial charge in [-0.05, 0) is 12.1 Å². The first kappa shape index (κ1) is 18.4. The highest BCUT2D eigenvalue weighted by molar-refractivity contribution is 5.75. The molecule has 132 valence electrons. The number of esters is 1. The minimum absolute atomic E-state index is 0.235. The summed E-state index contributed by atoms with van der Waals surface area (Å²) in [5.74, 6) is -9.87. The molecule has 0 aliphatic carbocycles. The zero-order chi connectivity index (χ0) is 18.7. The summed E-state index contributed by atoms with van der Waals surface area (Å²) in [5, 5.41) is 8.56. The standard InChI is InChI=1S/C16H9F5O4/c17-9-5-12(20)11(19)1-8(9)4-16(24)25-14-6-10(18)7(2-13(14)21)3-15(22)23/h1-2,5-6H,3-4H2,(H,22,23). The van der Waals surface area contributed by atoms with E-state index in [4.69, 9.17) is 5.11 Å². The van der Waals surface area contributed by atoms with Crippen LogP contribution in [0, 0.1) is 29.1 Å². The minimum atomic E-state index is -1.45. The van der Waals surface area contributed by atoms with Crippen LogP contribution in [0.4, 0.5) is 22.0 Å². The molecule has 0 unspecified atom stereocenters. The molecule has 2 aromatic carbocycles. The maximum atomic E-state index is 13.8. The Morgan fingerprint density at radius 3 is 1.92 bits per heavy atom. The molecule has 0 amide bonds. The van der Waals surface area contributed by atoms with Gasteiger partial charge in [0.15, 0.2) is 23.2 Å². The van der Waals surface area contributed by atoms with Crippen LogP contribution in [0.25, 0.3) is 0 Å². The van der Waals surface area contributed by atoms with Gasteiger partial charge < -0.3 is 9.84 Å². The highest BCUT2D eigenvalue weighted by atomic mass is 19.2. The molecule has 2 aromatic rings. The van der Waals surface area contributed by atoms with Crippen molar-refractivity contribution in [3.05, 3.63) is 64.5 Å². The van der Waals surface area contributed by atoms with Crippen molar-refractivity contribution in [2.75, 3.05) is 0 Å². The summed E-state index contributed by atoms with van der Waals surface area (Å²) in [4.78, 5) is 22.2. The van der Waals surface area contributed by atoms with Gasteiger partial charge in [-0.25, -0.2) is 22.0 Å². The molecule has 0 aliphatic heterocycles. The van der Waals surface area contributed by atoms with Crippen molar-refractivity contribution in [1.82, 2.24) is 0 Å². The van der Waals surface area contributed by atoms with E-state index in [0.29, 0.717) is 18.2 Å². The molecule has 0 saturated heterocycles. The van der Waals surface area contributed by atoms with E-state index in [1.165, 1.54) is 0 Å². The highest BCUT2D eigenvalue weighted by Gasteiger charge is 2.18. The summed E-state index contributed by atoms with van der Waals surface area (Å²) in [7, 11) is 0. The third-order valence-electron chi connectivity index (χ3n) is 3.09. The van der Waals surface area contributed by atoms with Crippen molar-refractivity contribution < 1.29 is 41.4 Å². The van der Waals surface area contributed by atoms with Crippen molar-refractivity contribution in [3.63, 3.8) is 0 Å². The Morgan fingerprint density at radius 2 is 1.28 bits per heavy atom. The molecular weight excluding hydrogens is 351 g/mol. The first-order valence-electron chi connectivity index (χ1n) is 6.71. The van der Waals surface area contributed by atoms with Gasteiger partial charge in [0.25, 0.3) is 0 Å². The van der Waals surface area contributed by atoms with Crippen molar-refractivity contribution in [2.45, 2.75) is 12.8 Å². The number of aliphatic carboxylic acids is 1. The molecule has 0 saturated carbocycles. The van der Waals surface area contributed by atoms with Gasteiger partial charge in [-0.1, -0.05) is 0 Å². The molecule has 0 heterocycles. The van der Waals surface area contributed by atoms with Gasteiger partial charge in [-0.3, -0.25) is 9.59 Å². The Bertz CT molecular complexity index is 851. The lowest BCUT2D eigenvalue weighted by atomic mass is 10.1. The maximum Gasteiger partial charge on any atom is 0.315 e. The smallest absolute Gasteiger partial charge is 0.315 e. The van der Waals surface area contributed by atoms with Crippen LogP contribution >= 0.6 is 0 Å². The molecule has 0 bridgehead atoms. The van der Waals surface area contributed by atoms with Crippen molar-refractivity contribution >= 4 is 11.9 Å². The van der Waals surface area contributed by atoms with Crippen LogP contribution in [0.1, 0.15) is 11.1 Å². The van der Waals surface area contributed by atoms with Crippen LogP contribution in [0.3, 0.4) is 0 Å². The zero-order valence-corrected chi connectivity index (χ0v) is 12.3. The van der Waals surface area contributed by atoms with Gasteiger partial charge in [0, 0.05) is 23.3 Å². The van der Waals surface area contributed by atoms with E-state index in [1.54, 1.807) is 0 Å². The van der Waals surface area contributed by atoms with Crippen LogP contribution in [0.2, 0.25) is 0 Å². The third kappa shape index (κ3) is 4.52. The molecule has 9 heteroatoms. The van der Waals surface area contributed by atoms with Gasteiger partial charge in [0.1, 0.15) is 11.6 Å². The quantitative estimate of drug-likeness (QED) is 0.385. The van der Waals surface area contributed by atoms with Gasteiger partial charge in [-0.15, -0.1) is 0 Å². The molecular formula is C16H9F5O4. The minimum Gasteiger partial charge on any atom is -0.481 e. The van der Waals surface area contributed by atoms with E-state index >= 15 is 0 Å². The van der Waals surface area contributed by atoms with Crippen molar-refractivity contribution in [1.29, 1.82) is 0 Å². The summed E-state index contributed by atoms with van der Waals surface area (Å²) < 4.78 is 71.2. The highest BCUT2D eigenvalue weighted by Crippen LogP contribution is 2.23. The molecule has 0 spiro atoms. The lowest BCUT2D eigenvalue weighted by molar-refractivity contribution is -0.136. The monoisotopic (exact) mass is 360 g/mol. The fourth-order valence-electron chi connectivity index (χ4n) is 1.96. The van der Waals surface area contributed by atoms with Crippen molar-refractivity contribution in [3.8, 4) is 5.75 Å². The molecule has 0 aromatic heterocycles. The van der Waals surface area contributed by atoms with Crippen LogP contribution in [-0.4, -0.2) is 17.0 Å². The van der Waals surface area contributed by atoms with Crippen LogP contribution in [0.5, 0.6) is 5.75 Å². The molecule has 0 fully saturated rings. The number of benzene rings is 2. The number of carboxylic acids is 1. The molecule has 2 rings (SSSR count). The molecule has 4 nitrogen and oxygen atoms in total. The molecule has 0 radical (unpaired) electrons. The SMILES string of the molecule is O=C(O)Cc1cc(F)c(OC(=O)Cc2cc(F)c(F)cc2F)cc1F.